The van der Waals surface area contributed by atoms with Crippen LogP contribution in [-0.4, -0.2) is 48.2 Å². The Morgan fingerprint density at radius 1 is 1.14 bits per heavy atom. The van der Waals surface area contributed by atoms with E-state index in [9.17, 15) is 4.79 Å². The quantitative estimate of drug-likeness (QED) is 0.712. The lowest BCUT2D eigenvalue weighted by atomic mass is 10.2. The third kappa shape index (κ3) is 2.62. The molecule has 0 spiro atoms. The first-order valence-corrected chi connectivity index (χ1v) is 9.86. The van der Waals surface area contributed by atoms with Gasteiger partial charge in [-0.3, -0.25) is 4.79 Å². The highest BCUT2D eigenvalue weighted by molar-refractivity contribution is 5.90. The van der Waals surface area contributed by atoms with E-state index >= 15 is 0 Å². The molecule has 0 aromatic carbocycles. The second-order valence-electron chi connectivity index (χ2n) is 7.81. The molecule has 3 aliphatic rings. The van der Waals surface area contributed by atoms with E-state index in [0.29, 0.717) is 11.9 Å². The van der Waals surface area contributed by atoms with Gasteiger partial charge in [-0.15, -0.1) is 0 Å². The molecule has 144 valence electrons. The van der Waals surface area contributed by atoms with Crippen LogP contribution in [0.25, 0.3) is 11.2 Å². The van der Waals surface area contributed by atoms with Crippen LogP contribution < -0.4 is 10.2 Å². The molecular formula is C18H20N8O2. The van der Waals surface area contributed by atoms with Crippen molar-refractivity contribution in [1.29, 1.82) is 0 Å². The molecular weight excluding hydrogens is 360 g/mol. The molecule has 28 heavy (non-hydrogen) atoms. The molecule has 10 nitrogen and oxygen atoms in total. The molecule has 0 bridgehead atoms. The van der Waals surface area contributed by atoms with Gasteiger partial charge in [0.1, 0.15) is 12.4 Å². The summed E-state index contributed by atoms with van der Waals surface area (Å²) in [6.45, 7) is 0.819. The number of amides is 1. The molecule has 3 aromatic rings. The Hall–Kier alpha value is -3.04. The average molecular weight is 380 g/mol. The van der Waals surface area contributed by atoms with E-state index in [4.69, 9.17) is 4.52 Å². The highest BCUT2D eigenvalue weighted by Crippen LogP contribution is 2.40. The van der Waals surface area contributed by atoms with Crippen molar-refractivity contribution in [2.24, 2.45) is 0 Å². The number of fused-ring (bicyclic) bond motifs is 1. The largest absolute Gasteiger partial charge is 0.346 e. The van der Waals surface area contributed by atoms with Crippen molar-refractivity contribution in [2.45, 2.75) is 56.7 Å². The van der Waals surface area contributed by atoms with Crippen LogP contribution in [0.2, 0.25) is 0 Å². The van der Waals surface area contributed by atoms with Gasteiger partial charge >= 0.3 is 0 Å². The van der Waals surface area contributed by atoms with Gasteiger partial charge in [0.25, 0.3) is 11.7 Å². The molecule has 1 amide bonds. The lowest BCUT2D eigenvalue weighted by Crippen LogP contribution is -2.27. The molecule has 1 unspecified atom stereocenters. The molecule has 1 atom stereocenters. The number of nitrogens with zero attached hydrogens (tertiary/aromatic N) is 7. The summed E-state index contributed by atoms with van der Waals surface area (Å²) in [5, 5.41) is 6.78. The van der Waals surface area contributed by atoms with Gasteiger partial charge in [0, 0.05) is 18.6 Å². The third-order valence-electron chi connectivity index (χ3n) is 5.65. The number of imidazole rings is 1. The second-order valence-corrected chi connectivity index (χ2v) is 7.81. The van der Waals surface area contributed by atoms with Crippen LogP contribution >= 0.6 is 0 Å². The number of carbonyl (C=O) groups excluding carboxylic acids is 1. The number of nitrogens with one attached hydrogen (secondary N) is 1. The van der Waals surface area contributed by atoms with Gasteiger partial charge in [0.15, 0.2) is 17.0 Å². The van der Waals surface area contributed by atoms with E-state index in [1.54, 1.807) is 6.33 Å². The SMILES string of the molecule is O=C(NC1CC1)c1noc(C2CCCN2c2ncnc3c2ncn3C2CC2)n1. The van der Waals surface area contributed by atoms with Crippen molar-refractivity contribution in [2.75, 3.05) is 11.4 Å². The van der Waals surface area contributed by atoms with Crippen molar-refractivity contribution in [3.63, 3.8) is 0 Å². The van der Waals surface area contributed by atoms with Crippen LogP contribution in [-0.2, 0) is 0 Å². The van der Waals surface area contributed by atoms with E-state index in [2.05, 4.69) is 39.9 Å². The maximum absolute atomic E-state index is 12.2. The Labute approximate surface area is 160 Å². The molecule has 1 aliphatic heterocycles. The zero-order chi connectivity index (χ0) is 18.7. The van der Waals surface area contributed by atoms with Crippen molar-refractivity contribution in [3.8, 4) is 0 Å². The molecule has 2 saturated carbocycles. The van der Waals surface area contributed by atoms with E-state index < -0.39 is 0 Å². The minimum Gasteiger partial charge on any atom is -0.346 e. The normalized spacial score (nSPS) is 22.1. The minimum absolute atomic E-state index is 0.0968. The molecule has 0 radical (unpaired) electrons. The number of anilines is 1. The van der Waals surface area contributed by atoms with Crippen molar-refractivity contribution in [1.82, 2.24) is 35.0 Å². The molecule has 3 fully saturated rings. The molecule has 6 rings (SSSR count). The fourth-order valence-electron chi connectivity index (χ4n) is 3.89. The summed E-state index contributed by atoms with van der Waals surface area (Å²) >= 11 is 0. The predicted octanol–water partition coefficient (Wildman–Crippen LogP) is 1.78. The number of hydrogen-bond donors (Lipinski definition) is 1. The zero-order valence-corrected chi connectivity index (χ0v) is 15.3. The Morgan fingerprint density at radius 2 is 2.04 bits per heavy atom. The van der Waals surface area contributed by atoms with Crippen LogP contribution in [0.1, 0.15) is 67.1 Å². The summed E-state index contributed by atoms with van der Waals surface area (Å²) in [5.41, 5.74) is 1.67. The van der Waals surface area contributed by atoms with Gasteiger partial charge < -0.3 is 19.3 Å². The van der Waals surface area contributed by atoms with Gasteiger partial charge in [-0.1, -0.05) is 5.16 Å². The molecule has 3 aromatic heterocycles. The highest BCUT2D eigenvalue weighted by atomic mass is 16.5. The monoisotopic (exact) mass is 380 g/mol. The van der Waals surface area contributed by atoms with Crippen LogP contribution in [0.5, 0.6) is 0 Å². The summed E-state index contributed by atoms with van der Waals surface area (Å²) in [6.07, 6.45) is 9.67. The number of carbonyl (C=O) groups is 1. The Balaban J connectivity index is 1.31. The minimum atomic E-state index is -0.269. The second kappa shape index (κ2) is 5.98. The van der Waals surface area contributed by atoms with E-state index in [0.717, 1.165) is 49.2 Å². The summed E-state index contributed by atoms with van der Waals surface area (Å²) in [4.78, 5) is 32.3. The van der Waals surface area contributed by atoms with Crippen LogP contribution in [0.4, 0.5) is 5.82 Å². The fourth-order valence-corrected chi connectivity index (χ4v) is 3.89. The number of rotatable bonds is 5. The van der Waals surface area contributed by atoms with Crippen LogP contribution in [0, 0.1) is 0 Å². The maximum atomic E-state index is 12.2. The van der Waals surface area contributed by atoms with Crippen LogP contribution in [0.3, 0.4) is 0 Å². The smallest absolute Gasteiger partial charge is 0.292 e. The summed E-state index contributed by atoms with van der Waals surface area (Å²) in [7, 11) is 0. The lowest BCUT2D eigenvalue weighted by molar-refractivity contribution is 0.0937. The fraction of sp³-hybridized carbons (Fsp3) is 0.556. The van der Waals surface area contributed by atoms with Gasteiger partial charge in [0.2, 0.25) is 5.89 Å². The van der Waals surface area contributed by atoms with Crippen molar-refractivity contribution in [3.05, 3.63) is 24.4 Å². The van der Waals surface area contributed by atoms with Crippen molar-refractivity contribution >= 4 is 22.9 Å². The third-order valence-corrected chi connectivity index (χ3v) is 5.65. The van der Waals surface area contributed by atoms with Crippen molar-refractivity contribution < 1.29 is 9.32 Å². The summed E-state index contributed by atoms with van der Waals surface area (Å²) < 4.78 is 7.59. The van der Waals surface area contributed by atoms with E-state index in [-0.39, 0.29) is 23.8 Å². The maximum Gasteiger partial charge on any atom is 0.292 e. The topological polar surface area (TPSA) is 115 Å². The average Bonchev–Trinajstić information content (AvgIpc) is 3.55. The summed E-state index contributed by atoms with van der Waals surface area (Å²) in [6, 6.07) is 0.651. The Morgan fingerprint density at radius 3 is 2.86 bits per heavy atom. The summed E-state index contributed by atoms with van der Waals surface area (Å²) in [5.74, 6) is 1.06. The first-order chi connectivity index (χ1) is 13.8. The standard InChI is InChI=1S/C18H20N8O2/c27-17(22-10-3-4-10)14-23-18(28-24-14)12-2-1-7-25(12)15-13-16(20-8-19-15)26(9-21-13)11-5-6-11/h8-12H,1-7H2,(H,22,27). The van der Waals surface area contributed by atoms with Gasteiger partial charge in [0.05, 0.1) is 6.33 Å². The highest BCUT2D eigenvalue weighted by Gasteiger charge is 2.35. The van der Waals surface area contributed by atoms with Crippen LogP contribution in [0.15, 0.2) is 17.2 Å². The first-order valence-electron chi connectivity index (χ1n) is 9.86. The molecule has 10 heteroatoms. The molecule has 1 saturated heterocycles. The zero-order valence-electron chi connectivity index (χ0n) is 15.3. The van der Waals surface area contributed by atoms with Gasteiger partial charge in [-0.25, -0.2) is 15.0 Å². The van der Waals surface area contributed by atoms with E-state index in [1.165, 1.54) is 12.8 Å². The molecule has 1 N–H and O–H groups in total. The first kappa shape index (κ1) is 16.0. The van der Waals surface area contributed by atoms with Gasteiger partial charge in [-0.05, 0) is 38.5 Å². The number of aromatic nitrogens is 6. The molecule has 4 heterocycles. The Kier molecular flexibility index (Phi) is 3.41. The molecule has 2 aliphatic carbocycles. The van der Waals surface area contributed by atoms with E-state index in [1.807, 2.05) is 6.33 Å². The number of hydrogen-bond acceptors (Lipinski definition) is 8. The Bertz CT molecular complexity index is 1050. The predicted molar refractivity (Wildman–Crippen MR) is 97.7 cm³/mol. The lowest BCUT2D eigenvalue weighted by Gasteiger charge is -2.22. The van der Waals surface area contributed by atoms with Gasteiger partial charge in [-0.2, -0.15) is 4.98 Å².